The van der Waals surface area contributed by atoms with Crippen LogP contribution in [0.5, 0.6) is 0 Å². The molecule has 1 aromatic carbocycles. The van der Waals surface area contributed by atoms with E-state index >= 15 is 0 Å². The number of hydrogen-bond acceptors (Lipinski definition) is 6. The van der Waals surface area contributed by atoms with Crippen molar-refractivity contribution in [1.82, 2.24) is 15.6 Å². The van der Waals surface area contributed by atoms with Crippen molar-refractivity contribution in [3.05, 3.63) is 59.9 Å². The number of cyclic esters (lactones) is 1. The maximum absolute atomic E-state index is 12.2. The van der Waals surface area contributed by atoms with Crippen LogP contribution in [0.4, 0.5) is 0 Å². The van der Waals surface area contributed by atoms with Crippen LogP contribution in [0.15, 0.2) is 48.7 Å². The van der Waals surface area contributed by atoms with Gasteiger partial charge in [0.15, 0.2) is 0 Å². The smallest absolute Gasteiger partial charge is 0.309 e. The SMILES string of the molecule is C[C@H](NC1CC(=O)OC1OCc1ccccc1)C(=O)NC(=O)c1ccc[nH]1. The first-order chi connectivity index (χ1) is 13.0. The molecule has 2 amide bonds. The van der Waals surface area contributed by atoms with Gasteiger partial charge in [0.25, 0.3) is 5.91 Å². The van der Waals surface area contributed by atoms with Crippen LogP contribution in [-0.4, -0.2) is 41.1 Å². The zero-order valence-electron chi connectivity index (χ0n) is 14.8. The van der Waals surface area contributed by atoms with Crippen molar-refractivity contribution in [2.45, 2.75) is 38.3 Å². The average Bonchev–Trinajstić information content (AvgIpc) is 3.31. The molecular weight excluding hydrogens is 350 g/mol. The van der Waals surface area contributed by atoms with Gasteiger partial charge in [0.1, 0.15) is 5.69 Å². The van der Waals surface area contributed by atoms with Gasteiger partial charge in [0, 0.05) is 6.20 Å². The van der Waals surface area contributed by atoms with Crippen LogP contribution in [0.1, 0.15) is 29.4 Å². The molecule has 3 rings (SSSR count). The molecule has 8 nitrogen and oxygen atoms in total. The van der Waals surface area contributed by atoms with Crippen molar-refractivity contribution in [1.29, 1.82) is 0 Å². The summed E-state index contributed by atoms with van der Waals surface area (Å²) in [7, 11) is 0. The zero-order chi connectivity index (χ0) is 19.2. The highest BCUT2D eigenvalue weighted by Crippen LogP contribution is 2.18. The molecule has 0 spiro atoms. The lowest BCUT2D eigenvalue weighted by Crippen LogP contribution is -2.50. The molecule has 8 heteroatoms. The number of aromatic nitrogens is 1. The number of aromatic amines is 1. The minimum Gasteiger partial charge on any atom is -0.434 e. The molecule has 0 saturated carbocycles. The van der Waals surface area contributed by atoms with Gasteiger partial charge in [0.05, 0.1) is 25.1 Å². The molecule has 3 atom stereocenters. The summed E-state index contributed by atoms with van der Waals surface area (Å²) < 4.78 is 10.9. The minimum absolute atomic E-state index is 0.0850. The van der Waals surface area contributed by atoms with Crippen molar-refractivity contribution in [3.63, 3.8) is 0 Å². The number of esters is 1. The van der Waals surface area contributed by atoms with Crippen LogP contribution in [0.25, 0.3) is 0 Å². The summed E-state index contributed by atoms with van der Waals surface area (Å²) in [5, 5.41) is 5.30. The van der Waals surface area contributed by atoms with E-state index in [0.717, 1.165) is 5.56 Å². The molecule has 3 N–H and O–H groups in total. The zero-order valence-corrected chi connectivity index (χ0v) is 14.8. The van der Waals surface area contributed by atoms with Crippen LogP contribution in [-0.2, 0) is 25.7 Å². The van der Waals surface area contributed by atoms with Gasteiger partial charge in [0.2, 0.25) is 12.2 Å². The van der Waals surface area contributed by atoms with Crippen molar-refractivity contribution in [2.75, 3.05) is 0 Å². The van der Waals surface area contributed by atoms with Gasteiger partial charge in [-0.15, -0.1) is 0 Å². The largest absolute Gasteiger partial charge is 0.434 e. The van der Waals surface area contributed by atoms with Crippen molar-refractivity contribution in [2.24, 2.45) is 0 Å². The summed E-state index contributed by atoms with van der Waals surface area (Å²) in [5.74, 6) is -1.43. The van der Waals surface area contributed by atoms with Gasteiger partial charge in [-0.05, 0) is 24.6 Å². The Hall–Kier alpha value is -2.97. The lowest BCUT2D eigenvalue weighted by molar-refractivity contribution is -0.167. The number of amides is 2. The van der Waals surface area contributed by atoms with E-state index in [9.17, 15) is 14.4 Å². The van der Waals surface area contributed by atoms with Crippen LogP contribution in [0.2, 0.25) is 0 Å². The number of nitrogens with one attached hydrogen (secondary N) is 3. The third-order valence-corrected chi connectivity index (χ3v) is 4.16. The Kier molecular flexibility index (Phi) is 6.00. The number of hydrogen-bond donors (Lipinski definition) is 3. The molecule has 2 aromatic rings. The summed E-state index contributed by atoms with van der Waals surface area (Å²) in [5.41, 5.74) is 1.24. The second-order valence-electron chi connectivity index (χ2n) is 6.26. The highest BCUT2D eigenvalue weighted by atomic mass is 16.7. The van der Waals surface area contributed by atoms with E-state index in [4.69, 9.17) is 9.47 Å². The lowest BCUT2D eigenvalue weighted by Gasteiger charge is -2.22. The quantitative estimate of drug-likeness (QED) is 0.629. The number of ether oxygens (including phenoxy) is 2. The molecule has 1 saturated heterocycles. The molecule has 1 aliphatic heterocycles. The Morgan fingerprint density at radius 3 is 2.74 bits per heavy atom. The van der Waals surface area contributed by atoms with Crippen molar-refractivity contribution in [3.8, 4) is 0 Å². The maximum Gasteiger partial charge on any atom is 0.309 e. The number of carbonyl (C=O) groups excluding carboxylic acids is 3. The molecule has 1 aromatic heterocycles. The average molecular weight is 371 g/mol. The fraction of sp³-hybridized carbons (Fsp3) is 0.316. The normalized spacial score (nSPS) is 20.1. The highest BCUT2D eigenvalue weighted by molar-refractivity contribution is 6.05. The molecule has 0 radical (unpaired) electrons. The predicted octanol–water partition coefficient (Wildman–Crippen LogP) is 1.11. The molecule has 142 valence electrons. The van der Waals surface area contributed by atoms with E-state index in [2.05, 4.69) is 15.6 Å². The van der Waals surface area contributed by atoms with E-state index < -0.39 is 36.2 Å². The van der Waals surface area contributed by atoms with Gasteiger partial charge in [-0.3, -0.25) is 25.0 Å². The van der Waals surface area contributed by atoms with E-state index in [-0.39, 0.29) is 13.0 Å². The minimum atomic E-state index is -0.799. The first kappa shape index (κ1) is 18.8. The van der Waals surface area contributed by atoms with Crippen LogP contribution >= 0.6 is 0 Å². The first-order valence-corrected chi connectivity index (χ1v) is 8.62. The monoisotopic (exact) mass is 371 g/mol. The molecule has 0 aliphatic carbocycles. The predicted molar refractivity (Wildman–Crippen MR) is 95.4 cm³/mol. The maximum atomic E-state index is 12.2. The number of rotatable bonds is 7. The third kappa shape index (κ3) is 5.02. The van der Waals surface area contributed by atoms with Crippen molar-refractivity contribution < 1.29 is 23.9 Å². The molecule has 1 aliphatic rings. The Morgan fingerprint density at radius 2 is 2.04 bits per heavy atom. The van der Waals surface area contributed by atoms with E-state index in [0.29, 0.717) is 5.69 Å². The van der Waals surface area contributed by atoms with E-state index in [1.54, 1.807) is 25.3 Å². The Morgan fingerprint density at radius 1 is 1.26 bits per heavy atom. The summed E-state index contributed by atoms with van der Waals surface area (Å²) in [6.45, 7) is 1.89. The second-order valence-corrected chi connectivity index (χ2v) is 6.26. The Balaban J connectivity index is 1.53. The number of H-pyrrole nitrogens is 1. The van der Waals surface area contributed by atoms with Gasteiger partial charge in [-0.1, -0.05) is 30.3 Å². The summed E-state index contributed by atoms with van der Waals surface area (Å²) in [6, 6.07) is 11.5. The van der Waals surface area contributed by atoms with E-state index in [1.165, 1.54) is 0 Å². The molecule has 0 bridgehead atoms. The third-order valence-electron chi connectivity index (χ3n) is 4.16. The Labute approximate surface area is 156 Å². The summed E-state index contributed by atoms with van der Waals surface area (Å²) >= 11 is 0. The standard InChI is InChI=1S/C19H21N3O5/c1-12(17(24)22-18(25)14-8-5-9-20-14)21-15-10-16(23)27-19(15)26-11-13-6-3-2-4-7-13/h2-9,12,15,19-21H,10-11H2,1H3,(H,22,24,25)/t12-,15?,19?/m0/s1. The lowest BCUT2D eigenvalue weighted by atomic mass is 10.2. The number of carbonyl (C=O) groups is 3. The van der Waals surface area contributed by atoms with Crippen LogP contribution in [0, 0.1) is 0 Å². The molecule has 2 heterocycles. The highest BCUT2D eigenvalue weighted by Gasteiger charge is 2.37. The van der Waals surface area contributed by atoms with Crippen LogP contribution in [0.3, 0.4) is 0 Å². The van der Waals surface area contributed by atoms with Gasteiger partial charge in [-0.25, -0.2) is 0 Å². The van der Waals surface area contributed by atoms with E-state index in [1.807, 2.05) is 30.3 Å². The van der Waals surface area contributed by atoms with Gasteiger partial charge >= 0.3 is 5.97 Å². The molecule has 27 heavy (non-hydrogen) atoms. The second kappa shape index (κ2) is 8.61. The fourth-order valence-electron chi connectivity index (χ4n) is 2.73. The Bertz CT molecular complexity index is 791. The molecular formula is C19H21N3O5. The van der Waals surface area contributed by atoms with Crippen molar-refractivity contribution >= 4 is 17.8 Å². The van der Waals surface area contributed by atoms with Crippen LogP contribution < -0.4 is 10.6 Å². The van der Waals surface area contributed by atoms with Gasteiger partial charge in [-0.2, -0.15) is 0 Å². The molecule has 1 fully saturated rings. The topological polar surface area (TPSA) is 110 Å². The number of benzene rings is 1. The molecule has 2 unspecified atom stereocenters. The summed E-state index contributed by atoms with van der Waals surface area (Å²) in [4.78, 5) is 38.6. The summed E-state index contributed by atoms with van der Waals surface area (Å²) in [6.07, 6.45) is 0.880. The number of imide groups is 1. The van der Waals surface area contributed by atoms with Gasteiger partial charge < -0.3 is 14.5 Å². The first-order valence-electron chi connectivity index (χ1n) is 8.62. The fourth-order valence-corrected chi connectivity index (χ4v) is 2.73.